The van der Waals surface area contributed by atoms with Crippen molar-refractivity contribution in [1.29, 1.82) is 0 Å². The Morgan fingerprint density at radius 2 is 2.06 bits per heavy atom. The third kappa shape index (κ3) is 2.33. The number of aromatic carboxylic acids is 1. The maximum Gasteiger partial charge on any atom is 0.337 e. The number of imidazole rings is 1. The summed E-state index contributed by atoms with van der Waals surface area (Å²) < 4.78 is 25.9. The number of aromatic nitrogens is 2. The number of carboxylic acids is 1. The lowest BCUT2D eigenvalue weighted by Crippen LogP contribution is -2.15. The molecule has 0 atom stereocenters. The first-order valence-corrected chi connectivity index (χ1v) is 6.32. The first-order valence-electron chi connectivity index (χ1n) is 4.84. The molecule has 0 bridgehead atoms. The minimum atomic E-state index is -3.86. The maximum atomic E-state index is 11.9. The average Bonchev–Trinajstić information content (AvgIpc) is 2.83. The highest BCUT2D eigenvalue weighted by Gasteiger charge is 2.18. The Bertz CT molecular complexity index is 664. The molecule has 0 aliphatic carbocycles. The first-order chi connectivity index (χ1) is 8.50. The Hall–Kier alpha value is -2.35. The van der Waals surface area contributed by atoms with Gasteiger partial charge in [0.15, 0.2) is 5.03 Å². The van der Waals surface area contributed by atoms with Crippen LogP contribution < -0.4 is 4.72 Å². The van der Waals surface area contributed by atoms with Crippen LogP contribution in [0.3, 0.4) is 0 Å². The standard InChI is InChI=1S/C10H9N3O4S/c14-10(15)7-3-1-2-4-8(7)13-18(16,17)9-5-11-6-12-9/h1-6,13H,(H,11,12)(H,14,15). The van der Waals surface area contributed by atoms with E-state index in [0.717, 1.165) is 6.20 Å². The van der Waals surface area contributed by atoms with E-state index in [0.29, 0.717) is 0 Å². The molecule has 2 aromatic rings. The Labute approximate surface area is 103 Å². The smallest absolute Gasteiger partial charge is 0.337 e. The third-order valence-corrected chi connectivity index (χ3v) is 3.46. The second-order valence-corrected chi connectivity index (χ2v) is 5.02. The number of carbonyl (C=O) groups is 1. The van der Waals surface area contributed by atoms with Crippen molar-refractivity contribution in [3.8, 4) is 0 Å². The lowest BCUT2D eigenvalue weighted by molar-refractivity contribution is 0.0698. The van der Waals surface area contributed by atoms with E-state index < -0.39 is 16.0 Å². The van der Waals surface area contributed by atoms with E-state index in [4.69, 9.17) is 5.11 Å². The van der Waals surface area contributed by atoms with Crippen LogP contribution in [0.15, 0.2) is 41.8 Å². The zero-order chi connectivity index (χ0) is 13.2. The van der Waals surface area contributed by atoms with Crippen LogP contribution in [0.5, 0.6) is 0 Å². The first kappa shape index (κ1) is 12.1. The Morgan fingerprint density at radius 3 is 2.67 bits per heavy atom. The van der Waals surface area contributed by atoms with Gasteiger partial charge in [0.25, 0.3) is 10.0 Å². The Morgan fingerprint density at radius 1 is 1.33 bits per heavy atom. The summed E-state index contributed by atoms with van der Waals surface area (Å²) in [5.41, 5.74) is -0.125. The molecule has 0 amide bonds. The second-order valence-electron chi connectivity index (χ2n) is 3.37. The summed E-state index contributed by atoms with van der Waals surface area (Å²) in [7, 11) is -3.86. The van der Waals surface area contributed by atoms with Gasteiger partial charge in [-0.3, -0.25) is 4.72 Å². The molecule has 0 spiro atoms. The van der Waals surface area contributed by atoms with E-state index in [1.165, 1.54) is 30.6 Å². The summed E-state index contributed by atoms with van der Waals surface area (Å²) in [6.45, 7) is 0. The van der Waals surface area contributed by atoms with E-state index >= 15 is 0 Å². The zero-order valence-electron chi connectivity index (χ0n) is 8.99. The highest BCUT2D eigenvalue weighted by molar-refractivity contribution is 7.92. The van der Waals surface area contributed by atoms with Crippen LogP contribution in [0.1, 0.15) is 10.4 Å². The van der Waals surface area contributed by atoms with Crippen molar-refractivity contribution in [2.75, 3.05) is 4.72 Å². The number of rotatable bonds is 4. The summed E-state index contributed by atoms with van der Waals surface area (Å²) in [4.78, 5) is 17.0. The lowest BCUT2D eigenvalue weighted by atomic mass is 10.2. The number of hydrogen-bond acceptors (Lipinski definition) is 4. The fourth-order valence-corrected chi connectivity index (χ4v) is 2.33. The van der Waals surface area contributed by atoms with Gasteiger partial charge < -0.3 is 10.1 Å². The van der Waals surface area contributed by atoms with Crippen LogP contribution in [-0.4, -0.2) is 29.5 Å². The number of carboxylic acid groups (broad SMARTS) is 1. The quantitative estimate of drug-likeness (QED) is 0.762. The molecule has 0 fully saturated rings. The number of sulfonamides is 1. The maximum absolute atomic E-state index is 11.9. The zero-order valence-corrected chi connectivity index (χ0v) is 9.81. The van der Waals surface area contributed by atoms with Crippen molar-refractivity contribution < 1.29 is 18.3 Å². The molecule has 0 unspecified atom stereocenters. The molecule has 0 saturated carbocycles. The number of nitrogens with one attached hydrogen (secondary N) is 2. The van der Waals surface area contributed by atoms with Gasteiger partial charge in [-0.05, 0) is 12.1 Å². The summed E-state index contributed by atoms with van der Waals surface area (Å²) in [6, 6.07) is 5.74. The molecule has 7 nitrogen and oxygen atoms in total. The molecular formula is C10H9N3O4S. The van der Waals surface area contributed by atoms with Crippen LogP contribution in [0, 0.1) is 0 Å². The van der Waals surface area contributed by atoms with Gasteiger partial charge in [0, 0.05) is 0 Å². The molecule has 18 heavy (non-hydrogen) atoms. The van der Waals surface area contributed by atoms with Gasteiger partial charge in [-0.15, -0.1) is 0 Å². The molecule has 3 N–H and O–H groups in total. The van der Waals surface area contributed by atoms with E-state index in [9.17, 15) is 13.2 Å². The van der Waals surface area contributed by atoms with E-state index in [2.05, 4.69) is 14.7 Å². The molecule has 0 radical (unpaired) electrons. The van der Waals surface area contributed by atoms with Crippen LogP contribution >= 0.6 is 0 Å². The summed E-state index contributed by atoms with van der Waals surface area (Å²) in [5.74, 6) is -1.21. The van der Waals surface area contributed by atoms with Gasteiger partial charge in [0.05, 0.1) is 23.8 Å². The Balaban J connectivity index is 2.39. The van der Waals surface area contributed by atoms with E-state index in [1.807, 2.05) is 0 Å². The minimum Gasteiger partial charge on any atom is -0.478 e. The monoisotopic (exact) mass is 267 g/mol. The van der Waals surface area contributed by atoms with Gasteiger partial charge in [-0.1, -0.05) is 12.1 Å². The van der Waals surface area contributed by atoms with Gasteiger partial charge in [0.2, 0.25) is 0 Å². The molecule has 1 aromatic carbocycles. The number of benzene rings is 1. The molecule has 8 heteroatoms. The van der Waals surface area contributed by atoms with Gasteiger partial charge in [-0.25, -0.2) is 9.78 Å². The predicted molar refractivity (Wildman–Crippen MR) is 62.8 cm³/mol. The van der Waals surface area contributed by atoms with Crippen molar-refractivity contribution in [1.82, 2.24) is 9.97 Å². The van der Waals surface area contributed by atoms with E-state index in [-0.39, 0.29) is 16.3 Å². The molecule has 0 saturated heterocycles. The topological polar surface area (TPSA) is 112 Å². The number of anilines is 1. The number of nitrogens with zero attached hydrogens (tertiary/aromatic N) is 1. The molecule has 1 heterocycles. The van der Waals surface area contributed by atoms with Crippen LogP contribution in [-0.2, 0) is 10.0 Å². The van der Waals surface area contributed by atoms with Gasteiger partial charge in [-0.2, -0.15) is 8.42 Å². The molecule has 2 rings (SSSR count). The van der Waals surface area contributed by atoms with Crippen molar-refractivity contribution in [2.45, 2.75) is 5.03 Å². The van der Waals surface area contributed by atoms with Crippen molar-refractivity contribution in [3.63, 3.8) is 0 Å². The van der Waals surface area contributed by atoms with Crippen molar-refractivity contribution in [2.24, 2.45) is 0 Å². The number of aromatic amines is 1. The van der Waals surface area contributed by atoms with Gasteiger partial charge >= 0.3 is 5.97 Å². The number of H-pyrrole nitrogens is 1. The summed E-state index contributed by atoms with van der Waals surface area (Å²) in [5, 5.41) is 8.80. The van der Waals surface area contributed by atoms with Crippen LogP contribution in [0.4, 0.5) is 5.69 Å². The molecule has 1 aromatic heterocycles. The average molecular weight is 267 g/mol. The minimum absolute atomic E-state index is 0.000370. The summed E-state index contributed by atoms with van der Waals surface area (Å²) >= 11 is 0. The van der Waals surface area contributed by atoms with Crippen molar-refractivity contribution in [3.05, 3.63) is 42.4 Å². The fourth-order valence-electron chi connectivity index (χ4n) is 1.35. The molecule has 94 valence electrons. The Kier molecular flexibility index (Phi) is 3.02. The van der Waals surface area contributed by atoms with Crippen LogP contribution in [0.25, 0.3) is 0 Å². The summed E-state index contributed by atoms with van der Waals surface area (Å²) in [6.07, 6.45) is 2.35. The normalized spacial score (nSPS) is 11.1. The molecule has 0 aliphatic heterocycles. The molecular weight excluding hydrogens is 258 g/mol. The van der Waals surface area contributed by atoms with Crippen molar-refractivity contribution >= 4 is 21.7 Å². The van der Waals surface area contributed by atoms with Gasteiger partial charge in [0.1, 0.15) is 0 Å². The second kappa shape index (κ2) is 4.49. The fraction of sp³-hybridized carbons (Fsp3) is 0. The third-order valence-electron chi connectivity index (χ3n) is 2.16. The largest absolute Gasteiger partial charge is 0.478 e. The SMILES string of the molecule is O=C(O)c1ccccc1NS(=O)(=O)c1cnc[nH]1. The number of hydrogen-bond donors (Lipinski definition) is 3. The highest BCUT2D eigenvalue weighted by atomic mass is 32.2. The molecule has 0 aliphatic rings. The van der Waals surface area contributed by atoms with Crippen LogP contribution in [0.2, 0.25) is 0 Å². The highest BCUT2D eigenvalue weighted by Crippen LogP contribution is 2.18. The lowest BCUT2D eigenvalue weighted by Gasteiger charge is -2.08. The van der Waals surface area contributed by atoms with E-state index in [1.54, 1.807) is 0 Å². The predicted octanol–water partition coefficient (Wildman–Crippen LogP) is 0.909. The number of para-hydroxylation sites is 1.